The molecule has 0 bridgehead atoms. The number of benzene rings is 2. The summed E-state index contributed by atoms with van der Waals surface area (Å²) in [6, 6.07) is 19.4. The first-order valence-electron chi connectivity index (χ1n) is 10.8. The van der Waals surface area contributed by atoms with Gasteiger partial charge in [0.15, 0.2) is 0 Å². The Morgan fingerprint density at radius 1 is 1.06 bits per heavy atom. The van der Waals surface area contributed by atoms with Crippen molar-refractivity contribution in [1.82, 2.24) is 15.2 Å². The van der Waals surface area contributed by atoms with Gasteiger partial charge in [-0.3, -0.25) is 14.6 Å². The van der Waals surface area contributed by atoms with Crippen LogP contribution in [0.1, 0.15) is 57.4 Å². The molecule has 2 aromatic carbocycles. The Morgan fingerprint density at radius 3 is 2.58 bits per heavy atom. The van der Waals surface area contributed by atoms with E-state index in [-0.39, 0.29) is 23.9 Å². The van der Waals surface area contributed by atoms with Gasteiger partial charge in [-0.2, -0.15) is 0 Å². The van der Waals surface area contributed by atoms with E-state index < -0.39 is 5.92 Å². The highest BCUT2D eigenvalue weighted by Gasteiger charge is 2.48. The van der Waals surface area contributed by atoms with Gasteiger partial charge >= 0.3 is 0 Å². The number of hydrogen-bond donors (Lipinski definition) is 1. The molecule has 31 heavy (non-hydrogen) atoms. The Bertz CT molecular complexity index is 1120. The molecule has 5 nitrogen and oxygen atoms in total. The Hall–Kier alpha value is -3.47. The molecule has 1 aliphatic heterocycles. The molecule has 5 heteroatoms. The first kappa shape index (κ1) is 19.5. The minimum Gasteiger partial charge on any atom is -0.351 e. The second-order valence-electron chi connectivity index (χ2n) is 8.44. The van der Waals surface area contributed by atoms with Crippen molar-refractivity contribution in [2.45, 2.75) is 44.3 Å². The Balaban J connectivity index is 1.58. The van der Waals surface area contributed by atoms with Crippen molar-refractivity contribution >= 4 is 11.8 Å². The molecule has 2 aliphatic rings. The molecular weight excluding hydrogens is 386 g/mol. The van der Waals surface area contributed by atoms with Crippen LogP contribution < -0.4 is 5.32 Å². The van der Waals surface area contributed by atoms with E-state index in [0.717, 1.165) is 35.1 Å². The number of carbonyl (C=O) groups is 2. The maximum Gasteiger partial charge on any atom is 0.254 e. The smallest absolute Gasteiger partial charge is 0.254 e. The third-order valence-electron chi connectivity index (χ3n) is 6.20. The van der Waals surface area contributed by atoms with Crippen LogP contribution in [0, 0.1) is 6.92 Å². The monoisotopic (exact) mass is 411 g/mol. The minimum atomic E-state index is -0.460. The van der Waals surface area contributed by atoms with E-state index in [1.165, 1.54) is 0 Å². The minimum absolute atomic E-state index is 0.0304. The maximum atomic E-state index is 13.6. The van der Waals surface area contributed by atoms with E-state index in [0.29, 0.717) is 12.1 Å². The highest BCUT2D eigenvalue weighted by Crippen LogP contribution is 2.47. The summed E-state index contributed by atoms with van der Waals surface area (Å²) in [7, 11) is 0. The van der Waals surface area contributed by atoms with Gasteiger partial charge in [0.05, 0.1) is 12.0 Å². The molecule has 3 aromatic rings. The predicted molar refractivity (Wildman–Crippen MR) is 118 cm³/mol. The number of aromatic nitrogens is 1. The first-order valence-corrected chi connectivity index (χ1v) is 10.8. The lowest BCUT2D eigenvalue weighted by atomic mass is 9.78. The van der Waals surface area contributed by atoms with Crippen LogP contribution in [0.3, 0.4) is 0 Å². The zero-order valence-corrected chi connectivity index (χ0v) is 17.5. The Kier molecular flexibility index (Phi) is 5.02. The molecule has 1 saturated carbocycles. The van der Waals surface area contributed by atoms with E-state index in [2.05, 4.69) is 16.4 Å². The molecule has 5 rings (SSSR count). The zero-order chi connectivity index (χ0) is 21.4. The van der Waals surface area contributed by atoms with Crippen LogP contribution in [0.25, 0.3) is 0 Å². The van der Waals surface area contributed by atoms with Gasteiger partial charge in [-0.05, 0) is 54.7 Å². The SMILES string of the molecule is Cc1cccc(C2C(C(=O)NCc3ccncc3)c3ccccc3C(=O)N2C2CC2)c1. The molecule has 0 spiro atoms. The van der Waals surface area contributed by atoms with Gasteiger partial charge in [0, 0.05) is 30.5 Å². The fourth-order valence-electron chi connectivity index (χ4n) is 4.60. The third-order valence-corrected chi connectivity index (χ3v) is 6.20. The summed E-state index contributed by atoms with van der Waals surface area (Å²) < 4.78 is 0. The van der Waals surface area contributed by atoms with Crippen molar-refractivity contribution in [3.05, 3.63) is 101 Å². The number of hydrogen-bond acceptors (Lipinski definition) is 3. The van der Waals surface area contributed by atoms with Gasteiger partial charge in [-0.25, -0.2) is 0 Å². The summed E-state index contributed by atoms with van der Waals surface area (Å²) in [6.45, 7) is 2.47. The second kappa shape index (κ2) is 7.99. The molecule has 0 saturated heterocycles. The average Bonchev–Trinajstić information content (AvgIpc) is 3.63. The summed E-state index contributed by atoms with van der Waals surface area (Å²) in [5.74, 6) is -0.491. The molecule has 156 valence electrons. The molecule has 1 aromatic heterocycles. The molecule has 2 heterocycles. The highest BCUT2D eigenvalue weighted by molar-refractivity contribution is 6.01. The van der Waals surface area contributed by atoms with Crippen molar-refractivity contribution in [3.8, 4) is 0 Å². The number of carbonyl (C=O) groups excluding carboxylic acids is 2. The highest BCUT2D eigenvalue weighted by atomic mass is 16.2. The van der Waals surface area contributed by atoms with E-state index in [1.807, 2.05) is 66.4 Å². The fraction of sp³-hybridized carbons (Fsp3) is 0.269. The number of amides is 2. The quantitative estimate of drug-likeness (QED) is 0.686. The number of pyridine rings is 1. The molecule has 1 fully saturated rings. The van der Waals surface area contributed by atoms with Crippen molar-refractivity contribution in [3.63, 3.8) is 0 Å². The van der Waals surface area contributed by atoms with Crippen LogP contribution in [0.15, 0.2) is 73.1 Å². The van der Waals surface area contributed by atoms with Crippen LogP contribution in [-0.4, -0.2) is 27.7 Å². The number of fused-ring (bicyclic) bond motifs is 1. The molecule has 2 amide bonds. The van der Waals surface area contributed by atoms with Crippen LogP contribution in [0.5, 0.6) is 0 Å². The molecule has 2 unspecified atom stereocenters. The lowest BCUT2D eigenvalue weighted by Gasteiger charge is -2.42. The van der Waals surface area contributed by atoms with Crippen molar-refractivity contribution in [2.75, 3.05) is 0 Å². The number of nitrogens with one attached hydrogen (secondary N) is 1. The van der Waals surface area contributed by atoms with Crippen LogP contribution in [-0.2, 0) is 11.3 Å². The topological polar surface area (TPSA) is 62.3 Å². The second-order valence-corrected chi connectivity index (χ2v) is 8.44. The number of rotatable bonds is 5. The van der Waals surface area contributed by atoms with E-state index >= 15 is 0 Å². The Morgan fingerprint density at radius 2 is 1.84 bits per heavy atom. The summed E-state index contributed by atoms with van der Waals surface area (Å²) in [5.41, 5.74) is 4.58. The van der Waals surface area contributed by atoms with Gasteiger partial charge < -0.3 is 10.2 Å². The molecule has 2 atom stereocenters. The van der Waals surface area contributed by atoms with Gasteiger partial charge in [0.25, 0.3) is 5.91 Å². The largest absolute Gasteiger partial charge is 0.351 e. The average molecular weight is 412 g/mol. The lowest BCUT2D eigenvalue weighted by Crippen LogP contribution is -2.48. The molecule has 1 aliphatic carbocycles. The van der Waals surface area contributed by atoms with Crippen LogP contribution in [0.2, 0.25) is 0 Å². The summed E-state index contributed by atoms with van der Waals surface area (Å²) in [6.07, 6.45) is 5.42. The predicted octanol–water partition coefficient (Wildman–Crippen LogP) is 4.15. The molecule has 1 N–H and O–H groups in total. The van der Waals surface area contributed by atoms with E-state index in [9.17, 15) is 9.59 Å². The number of aryl methyl sites for hydroxylation is 1. The molecule has 0 radical (unpaired) electrons. The first-order chi connectivity index (χ1) is 15.1. The zero-order valence-electron chi connectivity index (χ0n) is 17.5. The normalized spacial score (nSPS) is 20.3. The van der Waals surface area contributed by atoms with E-state index in [4.69, 9.17) is 0 Å². The number of nitrogens with zero attached hydrogens (tertiary/aromatic N) is 2. The van der Waals surface area contributed by atoms with Crippen LogP contribution >= 0.6 is 0 Å². The van der Waals surface area contributed by atoms with Crippen molar-refractivity contribution in [2.24, 2.45) is 0 Å². The Labute approximate surface area is 182 Å². The van der Waals surface area contributed by atoms with Crippen molar-refractivity contribution in [1.29, 1.82) is 0 Å². The lowest BCUT2D eigenvalue weighted by molar-refractivity contribution is -0.124. The van der Waals surface area contributed by atoms with Crippen LogP contribution in [0.4, 0.5) is 0 Å². The third kappa shape index (κ3) is 3.72. The van der Waals surface area contributed by atoms with Gasteiger partial charge in [0.1, 0.15) is 0 Å². The standard InChI is InChI=1S/C26H25N3O2/c1-17-5-4-6-19(15-17)24-23(25(30)28-16-18-11-13-27-14-12-18)21-7-2-3-8-22(21)26(31)29(24)20-9-10-20/h2-8,11-15,20,23-24H,9-10,16H2,1H3,(H,28,30). The summed E-state index contributed by atoms with van der Waals surface area (Å²) in [4.78, 5) is 33.1. The molecular formula is C26H25N3O2. The van der Waals surface area contributed by atoms with E-state index in [1.54, 1.807) is 12.4 Å². The summed E-state index contributed by atoms with van der Waals surface area (Å²) >= 11 is 0. The fourth-order valence-corrected chi connectivity index (χ4v) is 4.60. The van der Waals surface area contributed by atoms with Gasteiger partial charge in [-0.1, -0.05) is 48.0 Å². The maximum absolute atomic E-state index is 13.6. The summed E-state index contributed by atoms with van der Waals surface area (Å²) in [5, 5.41) is 3.11. The van der Waals surface area contributed by atoms with Gasteiger partial charge in [0.2, 0.25) is 5.91 Å². The van der Waals surface area contributed by atoms with Gasteiger partial charge in [-0.15, -0.1) is 0 Å². The van der Waals surface area contributed by atoms with Crippen molar-refractivity contribution < 1.29 is 9.59 Å².